The Morgan fingerprint density at radius 2 is 1.94 bits per heavy atom. The zero-order valence-electron chi connectivity index (χ0n) is 11.0. The SMILES string of the molecule is CCN1CCCC(O)(Cc2ccc(I)cc2)CC1. The molecule has 0 spiro atoms. The third kappa shape index (κ3) is 3.93. The molecular weight excluding hydrogens is 337 g/mol. The van der Waals surface area contributed by atoms with E-state index in [4.69, 9.17) is 0 Å². The lowest BCUT2D eigenvalue weighted by molar-refractivity contribution is 0.0258. The average Bonchev–Trinajstić information content (AvgIpc) is 2.54. The van der Waals surface area contributed by atoms with Crippen LogP contribution in [0.25, 0.3) is 0 Å². The molecule has 1 aromatic rings. The fourth-order valence-corrected chi connectivity index (χ4v) is 3.07. The van der Waals surface area contributed by atoms with Crippen molar-refractivity contribution in [2.24, 2.45) is 0 Å². The normalized spacial score (nSPS) is 25.9. The molecule has 1 aliphatic heterocycles. The van der Waals surface area contributed by atoms with Gasteiger partial charge in [-0.3, -0.25) is 0 Å². The van der Waals surface area contributed by atoms with E-state index >= 15 is 0 Å². The van der Waals surface area contributed by atoms with Gasteiger partial charge < -0.3 is 10.0 Å². The van der Waals surface area contributed by atoms with Gasteiger partial charge in [0, 0.05) is 16.5 Å². The van der Waals surface area contributed by atoms with Gasteiger partial charge in [-0.1, -0.05) is 19.1 Å². The van der Waals surface area contributed by atoms with Gasteiger partial charge in [0.15, 0.2) is 0 Å². The fraction of sp³-hybridized carbons (Fsp3) is 0.600. The Hall–Kier alpha value is -0.130. The van der Waals surface area contributed by atoms with Crippen LogP contribution in [-0.4, -0.2) is 35.2 Å². The van der Waals surface area contributed by atoms with Crippen molar-refractivity contribution in [2.75, 3.05) is 19.6 Å². The Morgan fingerprint density at radius 3 is 2.61 bits per heavy atom. The molecule has 1 atom stereocenters. The molecule has 1 saturated heterocycles. The number of rotatable bonds is 3. The topological polar surface area (TPSA) is 23.5 Å². The lowest BCUT2D eigenvalue weighted by Crippen LogP contribution is -2.33. The maximum atomic E-state index is 10.8. The molecule has 1 aromatic carbocycles. The van der Waals surface area contributed by atoms with Gasteiger partial charge in [0.05, 0.1) is 5.60 Å². The Morgan fingerprint density at radius 1 is 1.22 bits per heavy atom. The highest BCUT2D eigenvalue weighted by atomic mass is 127. The van der Waals surface area contributed by atoms with Gasteiger partial charge in [0.1, 0.15) is 0 Å². The molecule has 1 N–H and O–H groups in total. The minimum atomic E-state index is -0.503. The fourth-order valence-electron chi connectivity index (χ4n) is 2.71. The number of halogens is 1. The second-order valence-electron chi connectivity index (χ2n) is 5.32. The zero-order chi connectivity index (χ0) is 13.0. The molecule has 0 aromatic heterocycles. The molecule has 0 aliphatic carbocycles. The smallest absolute Gasteiger partial charge is 0.0700 e. The Labute approximate surface area is 124 Å². The van der Waals surface area contributed by atoms with Crippen molar-refractivity contribution < 1.29 is 5.11 Å². The lowest BCUT2D eigenvalue weighted by Gasteiger charge is -2.27. The van der Waals surface area contributed by atoms with E-state index in [0.717, 1.165) is 45.3 Å². The number of likely N-dealkylation sites (tertiary alicyclic amines) is 1. The predicted octanol–water partition coefficient (Wildman–Crippen LogP) is 3.07. The van der Waals surface area contributed by atoms with Gasteiger partial charge in [0.25, 0.3) is 0 Å². The summed E-state index contributed by atoms with van der Waals surface area (Å²) < 4.78 is 1.25. The number of hydrogen-bond acceptors (Lipinski definition) is 2. The second kappa shape index (κ2) is 6.35. The van der Waals surface area contributed by atoms with Crippen LogP contribution in [0.4, 0.5) is 0 Å². The van der Waals surface area contributed by atoms with Crippen LogP contribution < -0.4 is 0 Å². The number of benzene rings is 1. The van der Waals surface area contributed by atoms with Crippen LogP contribution in [0.15, 0.2) is 24.3 Å². The highest BCUT2D eigenvalue weighted by molar-refractivity contribution is 14.1. The number of nitrogens with zero attached hydrogens (tertiary/aromatic N) is 1. The summed E-state index contributed by atoms with van der Waals surface area (Å²) in [5, 5.41) is 10.8. The van der Waals surface area contributed by atoms with E-state index in [9.17, 15) is 5.11 Å². The van der Waals surface area contributed by atoms with Crippen molar-refractivity contribution in [3.05, 3.63) is 33.4 Å². The summed E-state index contributed by atoms with van der Waals surface area (Å²) in [7, 11) is 0. The first-order valence-electron chi connectivity index (χ1n) is 6.80. The molecule has 2 rings (SSSR count). The van der Waals surface area contributed by atoms with Gasteiger partial charge in [-0.05, 0) is 72.6 Å². The summed E-state index contributed by atoms with van der Waals surface area (Å²) in [6.45, 7) is 5.45. The van der Waals surface area contributed by atoms with Gasteiger partial charge in [-0.2, -0.15) is 0 Å². The maximum Gasteiger partial charge on any atom is 0.0700 e. The van der Waals surface area contributed by atoms with Crippen molar-refractivity contribution in [1.82, 2.24) is 4.90 Å². The van der Waals surface area contributed by atoms with Crippen LogP contribution in [0.5, 0.6) is 0 Å². The molecule has 2 nitrogen and oxygen atoms in total. The molecular formula is C15H22INO. The van der Waals surface area contributed by atoms with Crippen LogP contribution in [0.3, 0.4) is 0 Å². The summed E-state index contributed by atoms with van der Waals surface area (Å²) >= 11 is 2.32. The summed E-state index contributed by atoms with van der Waals surface area (Å²) in [6.07, 6.45) is 3.72. The first-order chi connectivity index (χ1) is 8.61. The van der Waals surface area contributed by atoms with E-state index in [2.05, 4.69) is 58.7 Å². The third-order valence-corrected chi connectivity index (χ3v) is 4.62. The molecule has 1 fully saturated rings. The van der Waals surface area contributed by atoms with E-state index in [-0.39, 0.29) is 0 Å². The third-order valence-electron chi connectivity index (χ3n) is 3.90. The largest absolute Gasteiger partial charge is 0.389 e. The highest BCUT2D eigenvalue weighted by Crippen LogP contribution is 2.26. The van der Waals surface area contributed by atoms with Crippen LogP contribution >= 0.6 is 22.6 Å². The minimum absolute atomic E-state index is 0.503. The monoisotopic (exact) mass is 359 g/mol. The van der Waals surface area contributed by atoms with E-state index in [1.807, 2.05) is 0 Å². The van der Waals surface area contributed by atoms with Crippen LogP contribution in [0, 0.1) is 3.57 Å². The molecule has 3 heteroatoms. The van der Waals surface area contributed by atoms with Crippen LogP contribution in [0.1, 0.15) is 31.7 Å². The Kier molecular flexibility index (Phi) is 5.04. The molecule has 0 radical (unpaired) electrons. The minimum Gasteiger partial charge on any atom is -0.389 e. The lowest BCUT2D eigenvalue weighted by atomic mass is 9.88. The Balaban J connectivity index is 2.00. The first kappa shape index (κ1) is 14.3. The summed E-state index contributed by atoms with van der Waals surface area (Å²) in [6, 6.07) is 8.52. The van der Waals surface area contributed by atoms with Crippen LogP contribution in [-0.2, 0) is 6.42 Å². The molecule has 0 amide bonds. The molecule has 1 aliphatic rings. The number of aliphatic hydroxyl groups is 1. The zero-order valence-corrected chi connectivity index (χ0v) is 13.2. The van der Waals surface area contributed by atoms with Crippen molar-refractivity contribution in [2.45, 2.75) is 38.2 Å². The molecule has 0 bridgehead atoms. The average molecular weight is 359 g/mol. The van der Waals surface area contributed by atoms with Gasteiger partial charge >= 0.3 is 0 Å². The highest BCUT2D eigenvalue weighted by Gasteiger charge is 2.29. The quantitative estimate of drug-likeness (QED) is 0.839. The van der Waals surface area contributed by atoms with Crippen molar-refractivity contribution in [3.8, 4) is 0 Å². The molecule has 100 valence electrons. The Bertz CT molecular complexity index is 379. The van der Waals surface area contributed by atoms with Crippen molar-refractivity contribution in [3.63, 3.8) is 0 Å². The molecule has 1 unspecified atom stereocenters. The molecule has 0 saturated carbocycles. The van der Waals surface area contributed by atoms with E-state index in [1.165, 1.54) is 9.13 Å². The predicted molar refractivity (Wildman–Crippen MR) is 83.8 cm³/mol. The van der Waals surface area contributed by atoms with E-state index < -0.39 is 5.60 Å². The summed E-state index contributed by atoms with van der Waals surface area (Å²) in [4.78, 5) is 2.44. The van der Waals surface area contributed by atoms with Crippen molar-refractivity contribution in [1.29, 1.82) is 0 Å². The molecule has 1 heterocycles. The standard InChI is InChI=1S/C15H22INO/c1-2-17-10-3-8-15(18,9-11-17)12-13-4-6-14(16)7-5-13/h4-7,18H,2-3,8-12H2,1H3. The summed E-state index contributed by atoms with van der Waals surface area (Å²) in [5.74, 6) is 0. The first-order valence-corrected chi connectivity index (χ1v) is 7.88. The number of hydrogen-bond donors (Lipinski definition) is 1. The van der Waals surface area contributed by atoms with Gasteiger partial charge in [-0.15, -0.1) is 0 Å². The second-order valence-corrected chi connectivity index (χ2v) is 6.56. The van der Waals surface area contributed by atoms with E-state index in [1.54, 1.807) is 0 Å². The van der Waals surface area contributed by atoms with E-state index in [0.29, 0.717) is 0 Å². The van der Waals surface area contributed by atoms with Gasteiger partial charge in [-0.25, -0.2) is 0 Å². The summed E-state index contributed by atoms with van der Waals surface area (Å²) in [5.41, 5.74) is 0.749. The molecule has 18 heavy (non-hydrogen) atoms. The maximum absolute atomic E-state index is 10.8. The van der Waals surface area contributed by atoms with Crippen molar-refractivity contribution >= 4 is 22.6 Å². The van der Waals surface area contributed by atoms with Crippen LogP contribution in [0.2, 0.25) is 0 Å². The van der Waals surface area contributed by atoms with Gasteiger partial charge in [0.2, 0.25) is 0 Å².